The van der Waals surface area contributed by atoms with Crippen LogP contribution in [-0.4, -0.2) is 38.1 Å². The number of nitrogens with one attached hydrogen (secondary N) is 1. The Morgan fingerprint density at radius 2 is 2.19 bits per heavy atom. The summed E-state index contributed by atoms with van der Waals surface area (Å²) in [6.45, 7) is 2.72. The first-order valence-electron chi connectivity index (χ1n) is 6.79. The summed E-state index contributed by atoms with van der Waals surface area (Å²) in [6.07, 6.45) is 4.29. The van der Waals surface area contributed by atoms with E-state index >= 15 is 0 Å². The molecule has 0 saturated heterocycles. The normalized spacial score (nSPS) is 17.3. The van der Waals surface area contributed by atoms with Crippen LogP contribution in [0.1, 0.15) is 36.7 Å². The summed E-state index contributed by atoms with van der Waals surface area (Å²) in [6, 6.07) is 1.29. The highest BCUT2D eigenvalue weighted by Crippen LogP contribution is 2.34. The predicted molar refractivity (Wildman–Crippen MR) is 79.1 cm³/mol. The maximum absolute atomic E-state index is 12.2. The third kappa shape index (κ3) is 3.41. The molecule has 6 nitrogen and oxygen atoms in total. The Balaban J connectivity index is 2.13. The van der Waals surface area contributed by atoms with E-state index in [4.69, 9.17) is 15.4 Å². The first kappa shape index (κ1) is 16.3. The molecule has 1 amide bonds. The number of aromatic nitrogens is 1. The van der Waals surface area contributed by atoms with Gasteiger partial charge in [-0.05, 0) is 32.3 Å². The minimum atomic E-state index is -3.84. The molecule has 0 radical (unpaired) electrons. The molecule has 1 aromatic heterocycles. The Morgan fingerprint density at radius 1 is 1.52 bits per heavy atom. The molecule has 0 bridgehead atoms. The van der Waals surface area contributed by atoms with E-state index in [1.165, 1.54) is 12.3 Å². The third-order valence-electron chi connectivity index (χ3n) is 4.00. The van der Waals surface area contributed by atoms with Crippen molar-refractivity contribution in [1.82, 2.24) is 9.88 Å². The zero-order valence-electron chi connectivity index (χ0n) is 12.1. The SMILES string of the molecule is CCn1cc(S(=O)(=O)Cl)cc1C(=O)NCC1(OC)CCC1. The Hall–Kier alpha value is -1.05. The van der Waals surface area contributed by atoms with E-state index in [-0.39, 0.29) is 22.1 Å². The van der Waals surface area contributed by atoms with E-state index in [1.807, 2.05) is 6.92 Å². The molecule has 0 spiro atoms. The second-order valence-electron chi connectivity index (χ2n) is 5.21. The van der Waals surface area contributed by atoms with Crippen molar-refractivity contribution in [3.05, 3.63) is 18.0 Å². The number of carbonyl (C=O) groups excluding carboxylic acids is 1. The minimum Gasteiger partial charge on any atom is -0.376 e. The summed E-state index contributed by atoms with van der Waals surface area (Å²) in [5.41, 5.74) is 0.00281. The highest BCUT2D eigenvalue weighted by Gasteiger charge is 2.37. The summed E-state index contributed by atoms with van der Waals surface area (Å²) >= 11 is 0. The van der Waals surface area contributed by atoms with Gasteiger partial charge >= 0.3 is 0 Å². The zero-order chi connectivity index (χ0) is 15.7. The molecule has 1 saturated carbocycles. The van der Waals surface area contributed by atoms with Gasteiger partial charge in [-0.2, -0.15) is 0 Å². The van der Waals surface area contributed by atoms with Gasteiger partial charge in [0, 0.05) is 37.1 Å². The van der Waals surface area contributed by atoms with Crippen LogP contribution in [0.25, 0.3) is 0 Å². The molecule has 0 unspecified atom stereocenters. The number of ether oxygens (including phenoxy) is 1. The summed E-state index contributed by atoms with van der Waals surface area (Å²) in [5.74, 6) is -0.327. The lowest BCUT2D eigenvalue weighted by Gasteiger charge is -2.40. The van der Waals surface area contributed by atoms with Crippen molar-refractivity contribution < 1.29 is 17.9 Å². The van der Waals surface area contributed by atoms with Crippen molar-refractivity contribution in [2.24, 2.45) is 0 Å². The van der Waals surface area contributed by atoms with E-state index in [2.05, 4.69) is 5.32 Å². The highest BCUT2D eigenvalue weighted by atomic mass is 35.7. The van der Waals surface area contributed by atoms with Crippen LogP contribution in [-0.2, 0) is 20.3 Å². The summed E-state index contributed by atoms with van der Waals surface area (Å²) in [4.78, 5) is 12.2. The van der Waals surface area contributed by atoms with Crippen LogP contribution in [0.15, 0.2) is 17.2 Å². The van der Waals surface area contributed by atoms with Gasteiger partial charge in [0.1, 0.15) is 10.6 Å². The van der Waals surface area contributed by atoms with Crippen molar-refractivity contribution in [2.45, 2.75) is 43.2 Å². The number of rotatable bonds is 6. The molecular formula is C13H19ClN2O4S. The zero-order valence-corrected chi connectivity index (χ0v) is 13.6. The fourth-order valence-electron chi connectivity index (χ4n) is 2.43. The van der Waals surface area contributed by atoms with Gasteiger partial charge < -0.3 is 14.6 Å². The smallest absolute Gasteiger partial charge is 0.268 e. The lowest BCUT2D eigenvalue weighted by atomic mass is 9.80. The van der Waals surface area contributed by atoms with Gasteiger partial charge in [0.05, 0.1) is 5.60 Å². The van der Waals surface area contributed by atoms with Gasteiger partial charge in [-0.15, -0.1) is 0 Å². The van der Waals surface area contributed by atoms with Crippen LogP contribution in [0.4, 0.5) is 0 Å². The maximum atomic E-state index is 12.2. The number of methoxy groups -OCH3 is 1. The van der Waals surface area contributed by atoms with Crippen LogP contribution in [0.3, 0.4) is 0 Å². The average molecular weight is 335 g/mol. The van der Waals surface area contributed by atoms with Crippen molar-refractivity contribution in [2.75, 3.05) is 13.7 Å². The second-order valence-corrected chi connectivity index (χ2v) is 7.77. The maximum Gasteiger partial charge on any atom is 0.268 e. The molecule has 0 atom stereocenters. The Morgan fingerprint density at radius 3 is 2.62 bits per heavy atom. The number of carbonyl (C=O) groups is 1. The first-order valence-corrected chi connectivity index (χ1v) is 9.10. The lowest BCUT2D eigenvalue weighted by molar-refractivity contribution is -0.0679. The van der Waals surface area contributed by atoms with Gasteiger partial charge in [-0.25, -0.2) is 8.42 Å². The molecule has 2 rings (SSSR count). The molecule has 1 aromatic rings. The van der Waals surface area contributed by atoms with E-state index in [9.17, 15) is 13.2 Å². The van der Waals surface area contributed by atoms with Crippen LogP contribution in [0.5, 0.6) is 0 Å². The topological polar surface area (TPSA) is 77.4 Å². The number of amides is 1. The highest BCUT2D eigenvalue weighted by molar-refractivity contribution is 8.13. The quantitative estimate of drug-likeness (QED) is 0.804. The van der Waals surface area contributed by atoms with Gasteiger partial charge in [0.15, 0.2) is 0 Å². The summed E-state index contributed by atoms with van der Waals surface area (Å²) in [5, 5.41) is 2.81. The lowest BCUT2D eigenvalue weighted by Crippen LogP contribution is -2.49. The molecule has 118 valence electrons. The largest absolute Gasteiger partial charge is 0.376 e. The van der Waals surface area contributed by atoms with Crippen LogP contribution >= 0.6 is 10.7 Å². The number of nitrogens with zero attached hydrogens (tertiary/aromatic N) is 1. The van der Waals surface area contributed by atoms with Crippen LogP contribution in [0, 0.1) is 0 Å². The molecule has 1 N–H and O–H groups in total. The molecule has 21 heavy (non-hydrogen) atoms. The molecule has 0 aromatic carbocycles. The van der Waals surface area contributed by atoms with Crippen LogP contribution < -0.4 is 5.32 Å². The number of hydrogen-bond acceptors (Lipinski definition) is 4. The third-order valence-corrected chi connectivity index (χ3v) is 5.32. The van der Waals surface area contributed by atoms with Gasteiger partial charge in [-0.3, -0.25) is 4.79 Å². The van der Waals surface area contributed by atoms with Crippen molar-refractivity contribution >= 4 is 25.6 Å². The van der Waals surface area contributed by atoms with Crippen molar-refractivity contribution in [3.8, 4) is 0 Å². The minimum absolute atomic E-state index is 0.0683. The number of aryl methyl sites for hydroxylation is 1. The Bertz CT molecular complexity index is 629. The molecule has 1 aliphatic rings. The van der Waals surface area contributed by atoms with E-state index < -0.39 is 9.05 Å². The second kappa shape index (κ2) is 5.98. The average Bonchev–Trinajstić information content (AvgIpc) is 2.81. The monoisotopic (exact) mass is 334 g/mol. The van der Waals surface area contributed by atoms with Crippen molar-refractivity contribution in [1.29, 1.82) is 0 Å². The molecular weight excluding hydrogens is 316 g/mol. The predicted octanol–water partition coefficient (Wildman–Crippen LogP) is 1.73. The fourth-order valence-corrected chi connectivity index (χ4v) is 3.18. The van der Waals surface area contributed by atoms with Crippen molar-refractivity contribution in [3.63, 3.8) is 0 Å². The Labute approximate surface area is 128 Å². The number of hydrogen-bond donors (Lipinski definition) is 1. The fraction of sp³-hybridized carbons (Fsp3) is 0.615. The first-order chi connectivity index (χ1) is 9.81. The molecule has 1 aliphatic carbocycles. The van der Waals surface area contributed by atoms with E-state index in [0.717, 1.165) is 19.3 Å². The van der Waals surface area contributed by atoms with E-state index in [0.29, 0.717) is 13.1 Å². The standard InChI is InChI=1S/C13H19ClN2O4S/c1-3-16-8-10(21(14,18)19)7-11(16)12(17)15-9-13(20-2)5-4-6-13/h7-8H,3-6,9H2,1-2H3,(H,15,17). The van der Waals surface area contributed by atoms with Gasteiger partial charge in [0.25, 0.3) is 15.0 Å². The number of halogens is 1. The molecule has 8 heteroatoms. The molecule has 0 aliphatic heterocycles. The van der Waals surface area contributed by atoms with Gasteiger partial charge in [-0.1, -0.05) is 0 Å². The molecule has 1 fully saturated rings. The Kier molecular flexibility index (Phi) is 4.65. The van der Waals surface area contributed by atoms with E-state index in [1.54, 1.807) is 11.7 Å². The van der Waals surface area contributed by atoms with Crippen LogP contribution in [0.2, 0.25) is 0 Å². The summed E-state index contributed by atoms with van der Waals surface area (Å²) in [7, 11) is 3.11. The van der Waals surface area contributed by atoms with Gasteiger partial charge in [0.2, 0.25) is 0 Å². The molecule has 1 heterocycles. The summed E-state index contributed by atoms with van der Waals surface area (Å²) < 4.78 is 29.7.